The molecule has 0 radical (unpaired) electrons. The monoisotopic (exact) mass is 262 g/mol. The number of benzene rings is 2. The van der Waals surface area contributed by atoms with Crippen molar-refractivity contribution in [2.45, 2.75) is 19.6 Å². The van der Waals surface area contributed by atoms with Gasteiger partial charge in [-0.15, -0.1) is 0 Å². The highest BCUT2D eigenvalue weighted by Crippen LogP contribution is 2.23. The van der Waals surface area contributed by atoms with Crippen molar-refractivity contribution in [2.75, 3.05) is 0 Å². The van der Waals surface area contributed by atoms with Gasteiger partial charge in [0, 0.05) is 10.8 Å². The van der Waals surface area contributed by atoms with Crippen molar-refractivity contribution in [3.8, 4) is 11.1 Å². The Morgan fingerprint density at radius 2 is 1.44 bits per heavy atom. The Morgan fingerprint density at radius 3 is 2.00 bits per heavy atom. The van der Waals surface area contributed by atoms with E-state index in [0.717, 1.165) is 5.56 Å². The Hall–Kier alpha value is -1.48. The van der Waals surface area contributed by atoms with Gasteiger partial charge < -0.3 is 0 Å². The molecule has 0 aliphatic heterocycles. The normalized spacial score (nSPS) is 11.6. The van der Waals surface area contributed by atoms with Crippen LogP contribution in [0.1, 0.15) is 0 Å². The molecule has 18 heavy (non-hydrogen) atoms. The molecule has 2 aromatic carbocycles. The molecule has 0 saturated carbocycles. The molecular weight excluding hydrogens is 246 g/mol. The second-order valence-corrected chi connectivity index (χ2v) is 10.4. The fourth-order valence-electron chi connectivity index (χ4n) is 2.08. The summed E-state index contributed by atoms with van der Waals surface area (Å²) in [5, 5.41) is 0.281. The highest BCUT2D eigenvalue weighted by Gasteiger charge is 2.26. The second-order valence-electron chi connectivity index (χ2n) is 5.40. The Labute approximate surface area is 107 Å². The SMILES string of the molecule is C[Si](C)(C)c1c(F)ccc(-c2ccccc2)c1F. The fraction of sp³-hybridized carbons (Fsp3) is 0.200. The number of hydrogen-bond donors (Lipinski definition) is 0. The van der Waals surface area contributed by atoms with Crippen LogP contribution >= 0.6 is 0 Å². The molecule has 0 aromatic heterocycles. The van der Waals surface area contributed by atoms with Crippen molar-refractivity contribution in [1.82, 2.24) is 0 Å². The lowest BCUT2D eigenvalue weighted by Crippen LogP contribution is -2.42. The Bertz CT molecular complexity index is 557. The third kappa shape index (κ3) is 2.36. The van der Waals surface area contributed by atoms with Crippen LogP contribution in [0.15, 0.2) is 42.5 Å². The third-order valence-electron chi connectivity index (χ3n) is 2.93. The van der Waals surface area contributed by atoms with Gasteiger partial charge in [-0.1, -0.05) is 50.0 Å². The number of hydrogen-bond acceptors (Lipinski definition) is 0. The van der Waals surface area contributed by atoms with Crippen molar-refractivity contribution in [3.63, 3.8) is 0 Å². The van der Waals surface area contributed by atoms with Crippen LogP contribution in [0.4, 0.5) is 8.78 Å². The predicted molar refractivity (Wildman–Crippen MR) is 74.8 cm³/mol. The summed E-state index contributed by atoms with van der Waals surface area (Å²) in [5.74, 6) is -0.827. The van der Waals surface area contributed by atoms with Gasteiger partial charge >= 0.3 is 0 Å². The van der Waals surface area contributed by atoms with Gasteiger partial charge in [-0.25, -0.2) is 8.78 Å². The van der Waals surface area contributed by atoms with Gasteiger partial charge in [0.05, 0.1) is 8.07 Å². The van der Waals surface area contributed by atoms with Gasteiger partial charge in [0.1, 0.15) is 11.6 Å². The maximum Gasteiger partial charge on any atom is 0.133 e. The Balaban J connectivity index is 2.66. The summed E-state index contributed by atoms with van der Waals surface area (Å²) >= 11 is 0. The van der Waals surface area contributed by atoms with Crippen LogP contribution in [0.25, 0.3) is 11.1 Å². The van der Waals surface area contributed by atoms with Crippen LogP contribution in [0.3, 0.4) is 0 Å². The summed E-state index contributed by atoms with van der Waals surface area (Å²) in [6.45, 7) is 5.84. The highest BCUT2D eigenvalue weighted by atomic mass is 28.3. The summed E-state index contributed by atoms with van der Waals surface area (Å²) < 4.78 is 28.3. The van der Waals surface area contributed by atoms with Crippen molar-refractivity contribution < 1.29 is 8.78 Å². The zero-order chi connectivity index (χ0) is 13.3. The van der Waals surface area contributed by atoms with Gasteiger partial charge in [-0.3, -0.25) is 0 Å². The lowest BCUT2D eigenvalue weighted by molar-refractivity contribution is 0.598. The molecule has 0 saturated heterocycles. The Morgan fingerprint density at radius 1 is 0.833 bits per heavy atom. The molecule has 0 bridgehead atoms. The van der Waals surface area contributed by atoms with Gasteiger partial charge in [0.2, 0.25) is 0 Å². The summed E-state index contributed by atoms with van der Waals surface area (Å²) in [6, 6.07) is 12.2. The maximum absolute atomic E-state index is 14.5. The quantitative estimate of drug-likeness (QED) is 0.712. The maximum atomic E-state index is 14.5. The standard InChI is InChI=1S/C15H16F2Si/c1-18(2,3)15-13(16)10-9-12(14(15)17)11-7-5-4-6-8-11/h4-10H,1-3H3. The van der Waals surface area contributed by atoms with Crippen LogP contribution in [-0.2, 0) is 0 Å². The largest absolute Gasteiger partial charge is 0.207 e. The minimum atomic E-state index is -2.04. The van der Waals surface area contributed by atoms with E-state index in [1.54, 1.807) is 0 Å². The van der Waals surface area contributed by atoms with Gasteiger partial charge in [0.25, 0.3) is 0 Å². The predicted octanol–water partition coefficient (Wildman–Crippen LogP) is 4.18. The molecule has 2 rings (SSSR count). The fourth-order valence-corrected chi connectivity index (χ4v) is 3.67. The highest BCUT2D eigenvalue weighted by molar-refractivity contribution is 6.88. The van der Waals surface area contributed by atoms with E-state index in [1.807, 2.05) is 50.0 Å². The molecule has 0 aliphatic rings. The molecule has 0 N–H and O–H groups in total. The zero-order valence-electron chi connectivity index (χ0n) is 10.8. The van der Waals surface area contributed by atoms with Crippen molar-refractivity contribution in [3.05, 3.63) is 54.1 Å². The van der Waals surface area contributed by atoms with Gasteiger partial charge in [0.15, 0.2) is 0 Å². The molecule has 0 aliphatic carbocycles. The van der Waals surface area contributed by atoms with E-state index in [1.165, 1.54) is 12.1 Å². The van der Waals surface area contributed by atoms with E-state index in [0.29, 0.717) is 5.56 Å². The van der Waals surface area contributed by atoms with E-state index >= 15 is 0 Å². The molecule has 94 valence electrons. The first-order valence-corrected chi connectivity index (χ1v) is 9.45. The van der Waals surface area contributed by atoms with Crippen LogP contribution in [0.2, 0.25) is 19.6 Å². The average Bonchev–Trinajstić information content (AvgIpc) is 2.28. The van der Waals surface area contributed by atoms with Crippen molar-refractivity contribution in [2.24, 2.45) is 0 Å². The van der Waals surface area contributed by atoms with E-state index in [4.69, 9.17) is 0 Å². The number of halogens is 2. The average molecular weight is 262 g/mol. The van der Waals surface area contributed by atoms with Crippen LogP contribution in [0, 0.1) is 11.6 Å². The molecular formula is C15H16F2Si. The van der Waals surface area contributed by atoms with Crippen LogP contribution in [-0.4, -0.2) is 8.07 Å². The van der Waals surface area contributed by atoms with Crippen molar-refractivity contribution in [1.29, 1.82) is 0 Å². The molecule has 0 amide bonds. The molecule has 0 nitrogen and oxygen atoms in total. The Kier molecular flexibility index (Phi) is 3.35. The lowest BCUT2D eigenvalue weighted by Gasteiger charge is -2.20. The topological polar surface area (TPSA) is 0 Å². The van der Waals surface area contributed by atoms with Crippen LogP contribution < -0.4 is 5.19 Å². The lowest BCUT2D eigenvalue weighted by atomic mass is 10.1. The van der Waals surface area contributed by atoms with E-state index < -0.39 is 19.7 Å². The summed E-state index contributed by atoms with van der Waals surface area (Å²) in [6.07, 6.45) is 0. The molecule has 3 heteroatoms. The molecule has 0 atom stereocenters. The molecule has 0 fully saturated rings. The summed E-state index contributed by atoms with van der Waals surface area (Å²) in [5.41, 5.74) is 1.27. The van der Waals surface area contributed by atoms with Crippen molar-refractivity contribution >= 4 is 13.3 Å². The molecule has 0 unspecified atom stereocenters. The first-order chi connectivity index (χ1) is 8.41. The third-order valence-corrected chi connectivity index (χ3v) is 4.88. The minimum absolute atomic E-state index is 0.281. The van der Waals surface area contributed by atoms with Gasteiger partial charge in [-0.2, -0.15) is 0 Å². The first-order valence-electron chi connectivity index (χ1n) is 5.95. The van der Waals surface area contributed by atoms with E-state index in [-0.39, 0.29) is 5.19 Å². The molecule has 0 spiro atoms. The molecule has 0 heterocycles. The smallest absolute Gasteiger partial charge is 0.133 e. The summed E-state index contributed by atoms with van der Waals surface area (Å²) in [4.78, 5) is 0. The summed E-state index contributed by atoms with van der Waals surface area (Å²) in [7, 11) is -2.04. The number of rotatable bonds is 2. The van der Waals surface area contributed by atoms with E-state index in [9.17, 15) is 8.78 Å². The second kappa shape index (κ2) is 4.65. The van der Waals surface area contributed by atoms with Crippen LogP contribution in [0.5, 0.6) is 0 Å². The minimum Gasteiger partial charge on any atom is -0.207 e. The van der Waals surface area contributed by atoms with Gasteiger partial charge in [-0.05, 0) is 17.7 Å². The first kappa shape index (κ1) is 13.0. The van der Waals surface area contributed by atoms with E-state index in [2.05, 4.69) is 0 Å². The molecule has 2 aromatic rings. The zero-order valence-corrected chi connectivity index (χ0v) is 11.8.